The van der Waals surface area contributed by atoms with Crippen LogP contribution in [0.1, 0.15) is 0 Å². The summed E-state index contributed by atoms with van der Waals surface area (Å²) < 4.78 is 5.28. The number of carboxylic acid groups (broad SMARTS) is 1. The van der Waals surface area contributed by atoms with Crippen molar-refractivity contribution in [3.8, 4) is 0 Å². The van der Waals surface area contributed by atoms with E-state index in [9.17, 15) is 4.79 Å². The van der Waals surface area contributed by atoms with Crippen molar-refractivity contribution in [2.24, 2.45) is 0 Å². The third-order valence-electron chi connectivity index (χ3n) is 3.17. The van der Waals surface area contributed by atoms with Crippen LogP contribution in [0.4, 0.5) is 4.79 Å². The summed E-state index contributed by atoms with van der Waals surface area (Å²) in [6.07, 6.45) is -0.806. The fraction of sp³-hybridized carbons (Fsp3) is 0.900. The predicted octanol–water partition coefficient (Wildman–Crippen LogP) is -0.730. The van der Waals surface area contributed by atoms with Crippen molar-refractivity contribution < 1.29 is 14.6 Å². The van der Waals surface area contributed by atoms with Gasteiger partial charge < -0.3 is 20.1 Å². The van der Waals surface area contributed by atoms with E-state index in [0.717, 1.165) is 45.9 Å². The minimum atomic E-state index is -0.806. The molecule has 0 saturated carbocycles. The summed E-state index contributed by atoms with van der Waals surface area (Å²) in [4.78, 5) is 14.9. The summed E-state index contributed by atoms with van der Waals surface area (Å²) in [5.74, 6) is 0. The molecule has 6 nitrogen and oxygen atoms in total. The second-order valence-corrected chi connectivity index (χ2v) is 4.25. The van der Waals surface area contributed by atoms with Gasteiger partial charge in [0.25, 0.3) is 0 Å². The first-order chi connectivity index (χ1) is 7.77. The van der Waals surface area contributed by atoms with Crippen LogP contribution < -0.4 is 5.32 Å². The van der Waals surface area contributed by atoms with E-state index in [-0.39, 0.29) is 6.04 Å². The Balaban J connectivity index is 1.87. The molecule has 6 heteroatoms. The Morgan fingerprint density at radius 1 is 1.38 bits per heavy atom. The minimum Gasteiger partial charge on any atom is -0.465 e. The van der Waals surface area contributed by atoms with Gasteiger partial charge in [-0.15, -0.1) is 0 Å². The van der Waals surface area contributed by atoms with Gasteiger partial charge >= 0.3 is 6.09 Å². The summed E-state index contributed by atoms with van der Waals surface area (Å²) in [5.41, 5.74) is 0. The standard InChI is InChI=1S/C10H19N3O3/c14-10(15)13-2-1-11-7-9(13)8-12-3-5-16-6-4-12/h9,11H,1-8H2,(H,14,15). The molecule has 16 heavy (non-hydrogen) atoms. The number of nitrogens with zero attached hydrogens (tertiary/aromatic N) is 2. The lowest BCUT2D eigenvalue weighted by molar-refractivity contribution is 0.0205. The zero-order valence-corrected chi connectivity index (χ0v) is 9.39. The van der Waals surface area contributed by atoms with Crippen LogP contribution >= 0.6 is 0 Å². The number of amides is 1. The first-order valence-electron chi connectivity index (χ1n) is 5.78. The van der Waals surface area contributed by atoms with Crippen molar-refractivity contribution in [3.05, 3.63) is 0 Å². The molecule has 2 rings (SSSR count). The van der Waals surface area contributed by atoms with E-state index in [1.165, 1.54) is 0 Å². The maximum absolute atomic E-state index is 11.1. The highest BCUT2D eigenvalue weighted by atomic mass is 16.5. The van der Waals surface area contributed by atoms with Crippen LogP contribution in [0, 0.1) is 0 Å². The highest BCUT2D eigenvalue weighted by molar-refractivity contribution is 5.65. The molecular weight excluding hydrogens is 210 g/mol. The Kier molecular flexibility index (Phi) is 3.98. The van der Waals surface area contributed by atoms with Crippen LogP contribution in [0.15, 0.2) is 0 Å². The van der Waals surface area contributed by atoms with Crippen molar-refractivity contribution in [2.45, 2.75) is 6.04 Å². The van der Waals surface area contributed by atoms with E-state index < -0.39 is 6.09 Å². The van der Waals surface area contributed by atoms with Gasteiger partial charge in [0.05, 0.1) is 19.3 Å². The van der Waals surface area contributed by atoms with E-state index >= 15 is 0 Å². The Labute approximate surface area is 95.2 Å². The van der Waals surface area contributed by atoms with Crippen LogP contribution in [0.25, 0.3) is 0 Å². The molecule has 92 valence electrons. The summed E-state index contributed by atoms with van der Waals surface area (Å²) in [5, 5.41) is 12.3. The van der Waals surface area contributed by atoms with Gasteiger partial charge in [-0.2, -0.15) is 0 Å². The molecule has 0 aromatic carbocycles. The second-order valence-electron chi connectivity index (χ2n) is 4.25. The van der Waals surface area contributed by atoms with E-state index in [1.807, 2.05) is 0 Å². The van der Waals surface area contributed by atoms with Crippen molar-refractivity contribution in [3.63, 3.8) is 0 Å². The summed E-state index contributed by atoms with van der Waals surface area (Å²) in [6, 6.07) is 0.0735. The van der Waals surface area contributed by atoms with E-state index in [2.05, 4.69) is 10.2 Å². The molecule has 2 aliphatic heterocycles. The Bertz CT molecular complexity index is 243. The van der Waals surface area contributed by atoms with Crippen molar-refractivity contribution >= 4 is 6.09 Å². The maximum Gasteiger partial charge on any atom is 0.407 e. The van der Waals surface area contributed by atoms with Crippen LogP contribution in [0.5, 0.6) is 0 Å². The number of rotatable bonds is 2. The lowest BCUT2D eigenvalue weighted by Gasteiger charge is -2.38. The highest BCUT2D eigenvalue weighted by Gasteiger charge is 2.28. The lowest BCUT2D eigenvalue weighted by atomic mass is 10.2. The number of carbonyl (C=O) groups is 1. The quantitative estimate of drug-likeness (QED) is 0.653. The van der Waals surface area contributed by atoms with Crippen molar-refractivity contribution in [2.75, 3.05) is 52.5 Å². The van der Waals surface area contributed by atoms with Crippen LogP contribution in [0.3, 0.4) is 0 Å². The summed E-state index contributed by atoms with van der Waals surface area (Å²) >= 11 is 0. The van der Waals surface area contributed by atoms with Gasteiger partial charge in [-0.05, 0) is 0 Å². The average molecular weight is 229 g/mol. The molecule has 0 spiro atoms. The Morgan fingerprint density at radius 2 is 2.12 bits per heavy atom. The topological polar surface area (TPSA) is 65.0 Å². The lowest BCUT2D eigenvalue weighted by Crippen LogP contribution is -2.58. The average Bonchev–Trinajstić information content (AvgIpc) is 2.31. The maximum atomic E-state index is 11.1. The van der Waals surface area contributed by atoms with Crippen molar-refractivity contribution in [1.29, 1.82) is 0 Å². The normalized spacial score (nSPS) is 28.0. The first kappa shape index (κ1) is 11.6. The second kappa shape index (κ2) is 5.47. The highest BCUT2D eigenvalue weighted by Crippen LogP contribution is 2.07. The third-order valence-corrected chi connectivity index (χ3v) is 3.17. The van der Waals surface area contributed by atoms with Gasteiger partial charge in [0, 0.05) is 39.3 Å². The smallest absolute Gasteiger partial charge is 0.407 e. The fourth-order valence-corrected chi connectivity index (χ4v) is 2.26. The largest absolute Gasteiger partial charge is 0.465 e. The third kappa shape index (κ3) is 2.84. The molecule has 2 aliphatic rings. The molecule has 2 N–H and O–H groups in total. The van der Waals surface area contributed by atoms with Gasteiger partial charge in [-0.3, -0.25) is 4.90 Å². The molecule has 1 unspecified atom stereocenters. The predicted molar refractivity (Wildman–Crippen MR) is 58.6 cm³/mol. The zero-order chi connectivity index (χ0) is 11.4. The van der Waals surface area contributed by atoms with Gasteiger partial charge in [0.1, 0.15) is 0 Å². The monoisotopic (exact) mass is 229 g/mol. The SMILES string of the molecule is O=C(O)N1CCNCC1CN1CCOCC1. The molecule has 0 aliphatic carbocycles. The Morgan fingerprint density at radius 3 is 2.81 bits per heavy atom. The van der Waals surface area contributed by atoms with Gasteiger partial charge in [-0.1, -0.05) is 0 Å². The van der Waals surface area contributed by atoms with Gasteiger partial charge in [0.15, 0.2) is 0 Å². The van der Waals surface area contributed by atoms with Crippen LogP contribution in [-0.4, -0.2) is 79.5 Å². The Hall–Kier alpha value is -0.850. The number of nitrogens with one attached hydrogen (secondary N) is 1. The summed E-state index contributed by atoms with van der Waals surface area (Å²) in [6.45, 7) is 6.23. The zero-order valence-electron chi connectivity index (χ0n) is 9.39. The number of hydrogen-bond acceptors (Lipinski definition) is 4. The van der Waals surface area contributed by atoms with Crippen molar-refractivity contribution in [1.82, 2.24) is 15.1 Å². The molecule has 0 aromatic heterocycles. The van der Waals surface area contributed by atoms with E-state index in [4.69, 9.17) is 9.84 Å². The number of morpholine rings is 1. The molecule has 0 bridgehead atoms. The molecule has 0 radical (unpaired) electrons. The fourth-order valence-electron chi connectivity index (χ4n) is 2.26. The molecule has 2 saturated heterocycles. The minimum absolute atomic E-state index is 0.0735. The molecule has 0 aromatic rings. The molecule has 2 heterocycles. The van der Waals surface area contributed by atoms with Gasteiger partial charge in [-0.25, -0.2) is 4.79 Å². The molecule has 1 atom stereocenters. The number of hydrogen-bond donors (Lipinski definition) is 2. The number of ether oxygens (including phenoxy) is 1. The van der Waals surface area contributed by atoms with Crippen LogP contribution in [-0.2, 0) is 4.74 Å². The van der Waals surface area contributed by atoms with E-state index in [0.29, 0.717) is 6.54 Å². The first-order valence-corrected chi connectivity index (χ1v) is 5.78. The molecular formula is C10H19N3O3. The van der Waals surface area contributed by atoms with Gasteiger partial charge in [0.2, 0.25) is 0 Å². The summed E-state index contributed by atoms with van der Waals surface area (Å²) in [7, 11) is 0. The molecule has 1 amide bonds. The molecule has 2 fully saturated rings. The number of piperazine rings is 1. The van der Waals surface area contributed by atoms with E-state index in [1.54, 1.807) is 4.90 Å². The van der Waals surface area contributed by atoms with Crippen LogP contribution in [0.2, 0.25) is 0 Å².